The zero-order chi connectivity index (χ0) is 17.1. The Morgan fingerprint density at radius 3 is 2.80 bits per heavy atom. The Labute approximate surface area is 147 Å². The Balaban J connectivity index is 1.41. The van der Waals surface area contributed by atoms with Gasteiger partial charge in [0.05, 0.1) is 17.1 Å². The van der Waals surface area contributed by atoms with Crippen molar-refractivity contribution >= 4 is 17.1 Å². The van der Waals surface area contributed by atoms with Crippen LogP contribution in [0.1, 0.15) is 30.3 Å². The topological polar surface area (TPSA) is 61.0 Å². The van der Waals surface area contributed by atoms with Gasteiger partial charge >= 0.3 is 6.03 Å². The standard InChI is InChI=1S/C20H22N4O/c25-20(21-13-12-15-7-2-1-3-8-15)24-14-6-11-18(24)19-22-16-9-4-5-10-17(16)23-19/h1-5,7-10,18H,6,11-14H2,(H,21,25)(H,22,23)/t18-/m0/s1. The van der Waals surface area contributed by atoms with Crippen LogP contribution >= 0.6 is 0 Å². The maximum atomic E-state index is 12.6. The lowest BCUT2D eigenvalue weighted by molar-refractivity contribution is 0.191. The molecule has 128 valence electrons. The Kier molecular flexibility index (Phi) is 4.37. The van der Waals surface area contributed by atoms with Gasteiger partial charge in [0.25, 0.3) is 0 Å². The molecule has 1 aromatic heterocycles. The van der Waals surface area contributed by atoms with Crippen molar-refractivity contribution in [2.24, 2.45) is 0 Å². The molecule has 0 bridgehead atoms. The number of hydrogen-bond acceptors (Lipinski definition) is 2. The number of para-hydroxylation sites is 2. The molecule has 0 saturated carbocycles. The minimum atomic E-state index is -0.00103. The van der Waals surface area contributed by atoms with E-state index in [-0.39, 0.29) is 12.1 Å². The van der Waals surface area contributed by atoms with Crippen LogP contribution in [0.5, 0.6) is 0 Å². The van der Waals surface area contributed by atoms with Crippen molar-refractivity contribution in [3.8, 4) is 0 Å². The zero-order valence-corrected chi connectivity index (χ0v) is 14.1. The lowest BCUT2D eigenvalue weighted by Gasteiger charge is -2.23. The molecule has 0 unspecified atom stereocenters. The average molecular weight is 334 g/mol. The Morgan fingerprint density at radius 2 is 1.96 bits per heavy atom. The van der Waals surface area contributed by atoms with Crippen molar-refractivity contribution in [2.75, 3.05) is 13.1 Å². The molecule has 25 heavy (non-hydrogen) atoms. The molecule has 2 amide bonds. The van der Waals surface area contributed by atoms with E-state index in [1.165, 1.54) is 5.56 Å². The summed E-state index contributed by atoms with van der Waals surface area (Å²) in [6.07, 6.45) is 2.80. The fourth-order valence-electron chi connectivity index (χ4n) is 3.48. The number of rotatable bonds is 4. The fourth-order valence-corrected chi connectivity index (χ4v) is 3.48. The summed E-state index contributed by atoms with van der Waals surface area (Å²) < 4.78 is 0. The molecule has 3 aromatic rings. The summed E-state index contributed by atoms with van der Waals surface area (Å²) in [4.78, 5) is 22.6. The SMILES string of the molecule is O=C(NCCc1ccccc1)N1CCC[C@H]1c1nc2ccccc2[nH]1. The number of amides is 2. The molecule has 2 heterocycles. The molecule has 0 radical (unpaired) electrons. The third-order valence-corrected chi connectivity index (χ3v) is 4.77. The molecule has 1 saturated heterocycles. The van der Waals surface area contributed by atoms with Crippen LogP contribution in [0.15, 0.2) is 54.6 Å². The summed E-state index contributed by atoms with van der Waals surface area (Å²) in [6.45, 7) is 1.42. The summed E-state index contributed by atoms with van der Waals surface area (Å²) in [5.74, 6) is 0.886. The first-order valence-electron chi connectivity index (χ1n) is 8.84. The van der Waals surface area contributed by atoms with Crippen molar-refractivity contribution in [3.63, 3.8) is 0 Å². The van der Waals surface area contributed by atoms with Crippen molar-refractivity contribution in [3.05, 3.63) is 66.0 Å². The monoisotopic (exact) mass is 334 g/mol. The molecule has 5 nitrogen and oxygen atoms in total. The van der Waals surface area contributed by atoms with E-state index in [1.54, 1.807) is 0 Å². The quantitative estimate of drug-likeness (QED) is 0.765. The van der Waals surface area contributed by atoms with Gasteiger partial charge in [-0.2, -0.15) is 0 Å². The predicted molar refractivity (Wildman–Crippen MR) is 98.3 cm³/mol. The molecule has 0 spiro atoms. The number of nitrogens with one attached hydrogen (secondary N) is 2. The number of likely N-dealkylation sites (tertiary alicyclic amines) is 1. The van der Waals surface area contributed by atoms with Gasteiger partial charge in [-0.3, -0.25) is 0 Å². The highest BCUT2D eigenvalue weighted by Gasteiger charge is 2.31. The maximum Gasteiger partial charge on any atom is 0.318 e. The minimum absolute atomic E-state index is 0.00103. The van der Waals surface area contributed by atoms with Crippen LogP contribution in [-0.4, -0.2) is 34.0 Å². The number of hydrogen-bond donors (Lipinski definition) is 2. The summed E-state index contributed by atoms with van der Waals surface area (Å²) in [7, 11) is 0. The normalized spacial score (nSPS) is 17.1. The van der Waals surface area contributed by atoms with Gasteiger partial charge in [0.2, 0.25) is 0 Å². The lowest BCUT2D eigenvalue weighted by Crippen LogP contribution is -2.40. The number of nitrogens with zero attached hydrogens (tertiary/aromatic N) is 2. The third-order valence-electron chi connectivity index (χ3n) is 4.77. The van der Waals surface area contributed by atoms with Gasteiger partial charge in [-0.15, -0.1) is 0 Å². The van der Waals surface area contributed by atoms with E-state index in [1.807, 2.05) is 47.4 Å². The molecular weight excluding hydrogens is 312 g/mol. The van der Waals surface area contributed by atoms with E-state index in [2.05, 4.69) is 27.4 Å². The van der Waals surface area contributed by atoms with Crippen molar-refractivity contribution < 1.29 is 4.79 Å². The molecule has 1 fully saturated rings. The van der Waals surface area contributed by atoms with Crippen LogP contribution in [0.25, 0.3) is 11.0 Å². The van der Waals surface area contributed by atoms with Crippen LogP contribution in [0.3, 0.4) is 0 Å². The first-order chi connectivity index (χ1) is 12.3. The van der Waals surface area contributed by atoms with E-state index in [0.29, 0.717) is 6.54 Å². The number of carbonyl (C=O) groups is 1. The molecule has 1 aliphatic rings. The van der Waals surface area contributed by atoms with Crippen LogP contribution in [0, 0.1) is 0 Å². The van der Waals surface area contributed by atoms with Crippen molar-refractivity contribution in [1.82, 2.24) is 20.2 Å². The number of fused-ring (bicyclic) bond motifs is 1. The van der Waals surface area contributed by atoms with Gasteiger partial charge in [0.15, 0.2) is 0 Å². The molecule has 2 N–H and O–H groups in total. The van der Waals surface area contributed by atoms with Crippen molar-refractivity contribution in [2.45, 2.75) is 25.3 Å². The zero-order valence-electron chi connectivity index (χ0n) is 14.1. The molecule has 0 aliphatic carbocycles. The summed E-state index contributed by atoms with van der Waals surface area (Å²) in [6, 6.07) is 18.2. The van der Waals surface area contributed by atoms with Crippen LogP contribution in [0.2, 0.25) is 0 Å². The van der Waals surface area contributed by atoms with Gasteiger partial charge in [-0.25, -0.2) is 9.78 Å². The Hall–Kier alpha value is -2.82. The second-order valence-electron chi connectivity index (χ2n) is 6.46. The van der Waals surface area contributed by atoms with Crippen LogP contribution in [0.4, 0.5) is 4.79 Å². The molecule has 1 aliphatic heterocycles. The summed E-state index contributed by atoms with van der Waals surface area (Å²) >= 11 is 0. The predicted octanol–water partition coefficient (Wildman–Crippen LogP) is 3.65. The van der Waals surface area contributed by atoms with E-state index in [9.17, 15) is 4.79 Å². The van der Waals surface area contributed by atoms with Gasteiger partial charge in [0.1, 0.15) is 5.82 Å². The first kappa shape index (κ1) is 15.7. The lowest BCUT2D eigenvalue weighted by atomic mass is 10.1. The number of urea groups is 1. The largest absolute Gasteiger partial charge is 0.340 e. The number of aromatic nitrogens is 2. The summed E-state index contributed by atoms with van der Waals surface area (Å²) in [5, 5.41) is 3.05. The van der Waals surface area contributed by atoms with Crippen LogP contribution < -0.4 is 5.32 Å². The number of imidazole rings is 1. The Morgan fingerprint density at radius 1 is 1.16 bits per heavy atom. The highest BCUT2D eigenvalue weighted by Crippen LogP contribution is 2.31. The molecule has 1 atom stereocenters. The van der Waals surface area contributed by atoms with E-state index in [4.69, 9.17) is 0 Å². The minimum Gasteiger partial charge on any atom is -0.340 e. The smallest absolute Gasteiger partial charge is 0.318 e. The fraction of sp³-hybridized carbons (Fsp3) is 0.300. The van der Waals surface area contributed by atoms with Crippen LogP contribution in [-0.2, 0) is 6.42 Å². The van der Waals surface area contributed by atoms with Gasteiger partial charge in [-0.1, -0.05) is 42.5 Å². The van der Waals surface area contributed by atoms with Gasteiger partial charge in [0, 0.05) is 13.1 Å². The Bertz CT molecular complexity index is 825. The second-order valence-corrected chi connectivity index (χ2v) is 6.46. The van der Waals surface area contributed by atoms with Gasteiger partial charge < -0.3 is 15.2 Å². The second kappa shape index (κ2) is 6.97. The highest BCUT2D eigenvalue weighted by molar-refractivity contribution is 5.77. The number of H-pyrrole nitrogens is 1. The van der Waals surface area contributed by atoms with E-state index in [0.717, 1.165) is 42.7 Å². The van der Waals surface area contributed by atoms with Gasteiger partial charge in [-0.05, 0) is 37.0 Å². The highest BCUT2D eigenvalue weighted by atomic mass is 16.2. The number of benzene rings is 2. The average Bonchev–Trinajstić information content (AvgIpc) is 3.29. The van der Waals surface area contributed by atoms with E-state index >= 15 is 0 Å². The van der Waals surface area contributed by atoms with E-state index < -0.39 is 0 Å². The maximum absolute atomic E-state index is 12.6. The molecular formula is C20H22N4O. The summed E-state index contributed by atoms with van der Waals surface area (Å²) in [5.41, 5.74) is 3.21. The number of carbonyl (C=O) groups excluding carboxylic acids is 1. The van der Waals surface area contributed by atoms with Crippen molar-refractivity contribution in [1.29, 1.82) is 0 Å². The first-order valence-corrected chi connectivity index (χ1v) is 8.84. The number of aromatic amines is 1. The molecule has 4 rings (SSSR count). The molecule has 2 aromatic carbocycles. The third kappa shape index (κ3) is 3.36. The molecule has 5 heteroatoms.